The number of rotatable bonds is 4. The van der Waals surface area contributed by atoms with Crippen molar-refractivity contribution in [2.45, 2.75) is 71.8 Å². The second kappa shape index (κ2) is 5.93. The lowest BCUT2D eigenvalue weighted by Crippen LogP contribution is -2.52. The number of hydrogen-bond acceptors (Lipinski definition) is 2. The number of carboxylic acid groups (broad SMARTS) is 1. The maximum Gasteiger partial charge on any atom is 0.305 e. The van der Waals surface area contributed by atoms with Crippen LogP contribution in [-0.4, -0.2) is 34.0 Å². The monoisotopic (exact) mass is 269 g/mol. The summed E-state index contributed by atoms with van der Waals surface area (Å²) in [5.41, 5.74) is -0.628. The van der Waals surface area contributed by atoms with Crippen LogP contribution < -0.4 is 0 Å². The Labute approximate surface area is 116 Å². The van der Waals surface area contributed by atoms with E-state index < -0.39 is 5.97 Å². The van der Waals surface area contributed by atoms with E-state index in [0.717, 1.165) is 25.7 Å². The van der Waals surface area contributed by atoms with Crippen LogP contribution in [-0.2, 0) is 9.59 Å². The SMILES string of the molecule is CC1(C(=O)N(CCC(=O)O)C(C)(C)C)CCCCC1. The van der Waals surface area contributed by atoms with Crippen LogP contribution in [0, 0.1) is 5.41 Å². The molecule has 1 aliphatic rings. The fourth-order valence-corrected chi connectivity index (χ4v) is 2.82. The van der Waals surface area contributed by atoms with Crippen LogP contribution in [0.5, 0.6) is 0 Å². The van der Waals surface area contributed by atoms with Crippen LogP contribution in [0.1, 0.15) is 66.2 Å². The van der Waals surface area contributed by atoms with Crippen molar-refractivity contribution < 1.29 is 14.7 Å². The molecule has 0 unspecified atom stereocenters. The maximum atomic E-state index is 12.8. The van der Waals surface area contributed by atoms with Crippen molar-refractivity contribution in [3.63, 3.8) is 0 Å². The molecular weight excluding hydrogens is 242 g/mol. The van der Waals surface area contributed by atoms with Gasteiger partial charge < -0.3 is 10.0 Å². The highest BCUT2D eigenvalue weighted by Gasteiger charge is 2.40. The molecule has 0 aliphatic heterocycles. The minimum atomic E-state index is -0.851. The molecule has 19 heavy (non-hydrogen) atoms. The van der Waals surface area contributed by atoms with Gasteiger partial charge in [0.15, 0.2) is 0 Å². The zero-order valence-corrected chi connectivity index (χ0v) is 12.7. The molecule has 0 spiro atoms. The molecule has 0 atom stereocenters. The van der Waals surface area contributed by atoms with Gasteiger partial charge in [-0.3, -0.25) is 9.59 Å². The van der Waals surface area contributed by atoms with E-state index >= 15 is 0 Å². The van der Waals surface area contributed by atoms with Crippen molar-refractivity contribution in [1.29, 1.82) is 0 Å². The second-order valence-corrected chi connectivity index (χ2v) is 6.89. The van der Waals surface area contributed by atoms with Gasteiger partial charge in [-0.25, -0.2) is 0 Å². The Bertz CT molecular complexity index is 338. The van der Waals surface area contributed by atoms with Crippen LogP contribution >= 0.6 is 0 Å². The third kappa shape index (κ3) is 4.22. The van der Waals surface area contributed by atoms with Crippen molar-refractivity contribution in [2.24, 2.45) is 5.41 Å². The fourth-order valence-electron chi connectivity index (χ4n) is 2.82. The van der Waals surface area contributed by atoms with Gasteiger partial charge in [-0.05, 0) is 33.6 Å². The number of nitrogens with zero attached hydrogens (tertiary/aromatic N) is 1. The molecule has 4 heteroatoms. The van der Waals surface area contributed by atoms with Gasteiger partial charge in [-0.2, -0.15) is 0 Å². The molecule has 1 aliphatic carbocycles. The largest absolute Gasteiger partial charge is 0.481 e. The molecule has 1 amide bonds. The highest BCUT2D eigenvalue weighted by molar-refractivity contribution is 5.83. The summed E-state index contributed by atoms with van der Waals surface area (Å²) in [5.74, 6) is -0.725. The summed E-state index contributed by atoms with van der Waals surface area (Å²) in [6, 6.07) is 0. The van der Waals surface area contributed by atoms with E-state index in [1.54, 1.807) is 4.90 Å². The molecule has 1 rings (SSSR count). The summed E-state index contributed by atoms with van der Waals surface area (Å²) < 4.78 is 0. The highest BCUT2D eigenvalue weighted by atomic mass is 16.4. The molecule has 0 saturated heterocycles. The topological polar surface area (TPSA) is 57.6 Å². The highest BCUT2D eigenvalue weighted by Crippen LogP contribution is 2.38. The summed E-state index contributed by atoms with van der Waals surface area (Å²) in [6.45, 7) is 8.25. The normalized spacial score (nSPS) is 18.9. The number of amides is 1. The third-order valence-electron chi connectivity index (χ3n) is 4.08. The first kappa shape index (κ1) is 16.0. The molecule has 0 heterocycles. The number of carboxylic acids is 1. The van der Waals surface area contributed by atoms with Gasteiger partial charge in [0.1, 0.15) is 0 Å². The molecule has 4 nitrogen and oxygen atoms in total. The molecule has 0 bridgehead atoms. The van der Waals surface area contributed by atoms with Gasteiger partial charge in [0.05, 0.1) is 6.42 Å². The van der Waals surface area contributed by atoms with Crippen molar-refractivity contribution in [3.8, 4) is 0 Å². The first-order valence-corrected chi connectivity index (χ1v) is 7.21. The Hall–Kier alpha value is -1.06. The van der Waals surface area contributed by atoms with Crippen LogP contribution in [0.4, 0.5) is 0 Å². The minimum absolute atomic E-state index is 0.0130. The van der Waals surface area contributed by atoms with Crippen LogP contribution in [0.2, 0.25) is 0 Å². The first-order chi connectivity index (χ1) is 8.67. The summed E-state index contributed by atoms with van der Waals surface area (Å²) in [6.07, 6.45) is 5.25. The zero-order chi connectivity index (χ0) is 14.7. The van der Waals surface area contributed by atoms with E-state index in [1.807, 2.05) is 27.7 Å². The van der Waals surface area contributed by atoms with Gasteiger partial charge in [-0.1, -0.05) is 26.2 Å². The Morgan fingerprint density at radius 1 is 1.16 bits per heavy atom. The van der Waals surface area contributed by atoms with Crippen molar-refractivity contribution in [1.82, 2.24) is 4.90 Å². The molecule has 0 aromatic rings. The van der Waals surface area contributed by atoms with E-state index in [1.165, 1.54) is 6.42 Å². The predicted octanol–water partition coefficient (Wildman–Crippen LogP) is 3.06. The molecular formula is C15H27NO3. The summed E-state index contributed by atoms with van der Waals surface area (Å²) in [4.78, 5) is 25.3. The van der Waals surface area contributed by atoms with E-state index in [9.17, 15) is 9.59 Å². The Balaban J connectivity index is 2.84. The Morgan fingerprint density at radius 3 is 2.11 bits per heavy atom. The van der Waals surface area contributed by atoms with Crippen molar-refractivity contribution in [3.05, 3.63) is 0 Å². The number of carbonyl (C=O) groups excluding carboxylic acids is 1. The average molecular weight is 269 g/mol. The lowest BCUT2D eigenvalue weighted by Gasteiger charge is -2.43. The molecule has 1 N–H and O–H groups in total. The number of aliphatic carboxylic acids is 1. The van der Waals surface area contributed by atoms with E-state index in [4.69, 9.17) is 5.11 Å². The molecule has 1 saturated carbocycles. The third-order valence-corrected chi connectivity index (χ3v) is 4.08. The molecule has 110 valence electrons. The van der Waals surface area contributed by atoms with Crippen LogP contribution in [0.3, 0.4) is 0 Å². The summed E-state index contributed by atoms with van der Waals surface area (Å²) in [5, 5.41) is 8.85. The van der Waals surface area contributed by atoms with E-state index in [2.05, 4.69) is 0 Å². The fraction of sp³-hybridized carbons (Fsp3) is 0.867. The standard InChI is InChI=1S/C15H27NO3/c1-14(2,3)16(11-8-12(17)18)13(19)15(4)9-6-5-7-10-15/h5-11H2,1-4H3,(H,17,18). The maximum absolute atomic E-state index is 12.8. The lowest BCUT2D eigenvalue weighted by atomic mass is 9.74. The number of hydrogen-bond donors (Lipinski definition) is 1. The Morgan fingerprint density at radius 2 is 1.68 bits per heavy atom. The average Bonchev–Trinajstić information content (AvgIpc) is 2.27. The van der Waals surface area contributed by atoms with Crippen molar-refractivity contribution >= 4 is 11.9 Å². The van der Waals surface area contributed by atoms with Crippen molar-refractivity contribution in [2.75, 3.05) is 6.54 Å². The molecule has 1 fully saturated rings. The van der Waals surface area contributed by atoms with Crippen LogP contribution in [0.15, 0.2) is 0 Å². The van der Waals surface area contributed by atoms with Gasteiger partial charge >= 0.3 is 5.97 Å². The summed E-state index contributed by atoms with van der Waals surface area (Å²) in [7, 11) is 0. The van der Waals surface area contributed by atoms with Gasteiger partial charge in [0, 0.05) is 17.5 Å². The quantitative estimate of drug-likeness (QED) is 0.853. The predicted molar refractivity (Wildman–Crippen MR) is 74.9 cm³/mol. The van der Waals surface area contributed by atoms with E-state index in [-0.39, 0.29) is 23.3 Å². The van der Waals surface area contributed by atoms with Gasteiger partial charge in [0.25, 0.3) is 0 Å². The second-order valence-electron chi connectivity index (χ2n) is 6.89. The lowest BCUT2D eigenvalue weighted by molar-refractivity contribution is -0.149. The zero-order valence-electron chi connectivity index (χ0n) is 12.7. The smallest absolute Gasteiger partial charge is 0.305 e. The minimum Gasteiger partial charge on any atom is -0.481 e. The van der Waals surface area contributed by atoms with Gasteiger partial charge in [-0.15, -0.1) is 0 Å². The first-order valence-electron chi connectivity index (χ1n) is 7.21. The Kier molecular flexibility index (Phi) is 4.99. The molecule has 0 aromatic carbocycles. The molecule has 0 radical (unpaired) electrons. The number of carbonyl (C=O) groups is 2. The summed E-state index contributed by atoms with van der Waals surface area (Å²) >= 11 is 0. The van der Waals surface area contributed by atoms with E-state index in [0.29, 0.717) is 6.54 Å². The molecule has 0 aromatic heterocycles. The van der Waals surface area contributed by atoms with Crippen LogP contribution in [0.25, 0.3) is 0 Å². The van der Waals surface area contributed by atoms with Gasteiger partial charge in [0.2, 0.25) is 5.91 Å².